The van der Waals surface area contributed by atoms with Crippen LogP contribution in [0.25, 0.3) is 11.3 Å². The lowest BCUT2D eigenvalue weighted by Crippen LogP contribution is -1.71. The van der Waals surface area contributed by atoms with Gasteiger partial charge in [-0.05, 0) is 12.6 Å². The number of hydrogen-bond donors (Lipinski definition) is 0. The molecule has 2 aromatic rings. The maximum absolute atomic E-state index is 4.37. The molecule has 0 bridgehead atoms. The van der Waals surface area contributed by atoms with Crippen molar-refractivity contribution >= 4 is 11.3 Å². The lowest BCUT2D eigenvalue weighted by Gasteiger charge is -1.93. The van der Waals surface area contributed by atoms with Crippen molar-refractivity contribution in [2.45, 2.75) is 6.92 Å². The summed E-state index contributed by atoms with van der Waals surface area (Å²) in [4.78, 5) is 4.37. The maximum atomic E-state index is 4.37. The number of aryl methyl sites for hydroxylation is 1. The highest BCUT2D eigenvalue weighted by atomic mass is 32.1. The van der Waals surface area contributed by atoms with E-state index >= 15 is 0 Å². The monoisotopic (exact) mass is 162 g/mol. The summed E-state index contributed by atoms with van der Waals surface area (Å²) in [5.74, 6) is 0. The zero-order valence-corrected chi connectivity index (χ0v) is 7.06. The Hall–Kier alpha value is -1.02. The van der Waals surface area contributed by atoms with Gasteiger partial charge in [-0.2, -0.15) is 23.5 Å². The normalized spacial score (nSPS) is 10.3. The van der Waals surface area contributed by atoms with E-state index in [-0.39, 0.29) is 0 Å². The van der Waals surface area contributed by atoms with E-state index in [1.54, 1.807) is 11.3 Å². The Bertz CT molecular complexity index is 332. The first-order valence-electron chi connectivity index (χ1n) is 3.50. The van der Waals surface area contributed by atoms with Crippen molar-refractivity contribution in [3.63, 3.8) is 0 Å². The van der Waals surface area contributed by atoms with Crippen molar-refractivity contribution < 1.29 is 0 Å². The Morgan fingerprint density at radius 3 is 2.64 bits per heavy atom. The summed E-state index contributed by atoms with van der Waals surface area (Å²) >= 11 is 1.69. The van der Waals surface area contributed by atoms with Gasteiger partial charge in [0.1, 0.15) is 0 Å². The van der Waals surface area contributed by atoms with E-state index in [2.05, 4.69) is 22.5 Å². The van der Waals surface area contributed by atoms with Crippen LogP contribution in [-0.4, -0.2) is 4.98 Å². The molecule has 0 spiro atoms. The van der Waals surface area contributed by atoms with E-state index in [9.17, 15) is 0 Å². The number of rotatable bonds is 1. The van der Waals surface area contributed by atoms with Crippen LogP contribution in [0.2, 0.25) is 0 Å². The number of hydrogen-bond acceptors (Lipinski definition) is 2. The Morgan fingerprint density at radius 1 is 1.36 bits per heavy atom. The van der Waals surface area contributed by atoms with Gasteiger partial charge in [0.15, 0.2) is 0 Å². The summed E-state index contributed by atoms with van der Waals surface area (Å²) in [6, 6.07) is 8.22. The fourth-order valence-corrected chi connectivity index (χ4v) is 1.66. The van der Waals surface area contributed by atoms with Crippen LogP contribution in [0.5, 0.6) is 0 Å². The minimum absolute atomic E-state index is 1.09. The molecule has 0 aliphatic carbocycles. The average molecular weight is 162 g/mol. The number of aromatic nitrogens is 1. The van der Waals surface area contributed by atoms with Gasteiger partial charge < -0.3 is 0 Å². The van der Waals surface area contributed by atoms with Gasteiger partial charge in [-0.25, -0.2) is 0 Å². The van der Waals surface area contributed by atoms with Gasteiger partial charge in [-0.1, -0.05) is 10.9 Å². The lowest BCUT2D eigenvalue weighted by molar-refractivity contribution is 1.30. The summed E-state index contributed by atoms with van der Waals surface area (Å²) in [6.07, 6.45) is 0. The van der Waals surface area contributed by atoms with Crippen LogP contribution in [0.1, 0.15) is 5.01 Å². The lowest BCUT2D eigenvalue weighted by atomic mass is 10.3. The second kappa shape index (κ2) is 2.55. The maximum Gasteiger partial charge on any atom is 0.0791 e. The molecule has 0 aliphatic rings. The van der Waals surface area contributed by atoms with Crippen molar-refractivity contribution in [3.05, 3.63) is 34.7 Å². The molecule has 0 N–H and O–H groups in total. The Labute approximate surface area is 69.7 Å². The van der Waals surface area contributed by atoms with Gasteiger partial charge in [0.2, 0.25) is 0 Å². The topological polar surface area (TPSA) is 12.9 Å². The van der Waals surface area contributed by atoms with E-state index in [0.717, 1.165) is 10.7 Å². The third kappa shape index (κ3) is 1.21. The molecule has 0 fully saturated rings. The zero-order chi connectivity index (χ0) is 7.68. The van der Waals surface area contributed by atoms with Crippen LogP contribution in [0.15, 0.2) is 29.6 Å². The number of nitrogens with zero attached hydrogens (tertiary/aromatic N) is 1. The van der Waals surface area contributed by atoms with Gasteiger partial charge in [0.05, 0.1) is 5.01 Å². The predicted molar refractivity (Wildman–Crippen MR) is 47.9 cm³/mol. The quantitative estimate of drug-likeness (QED) is 0.587. The summed E-state index contributed by atoms with van der Waals surface area (Å²) in [6.45, 7) is 2.02. The summed E-state index contributed by atoms with van der Waals surface area (Å²) < 4.78 is 0. The molecule has 0 atom stereocenters. The van der Waals surface area contributed by atoms with Crippen molar-refractivity contribution in [1.29, 1.82) is 0 Å². The minimum atomic E-state index is 1.09. The molecule has 0 amide bonds. The minimum Gasteiger partial charge on any atom is -0.262 e. The molecular weight excluding hydrogens is 154 g/mol. The molecule has 0 saturated heterocycles. The van der Waals surface area contributed by atoms with E-state index in [1.807, 2.05) is 19.1 Å². The van der Waals surface area contributed by atoms with Crippen LogP contribution in [-0.2, 0) is 0 Å². The number of thiazole rings is 1. The van der Waals surface area contributed by atoms with Crippen molar-refractivity contribution in [2.24, 2.45) is 0 Å². The molecule has 11 heavy (non-hydrogen) atoms. The Morgan fingerprint density at radius 2 is 2.09 bits per heavy atom. The fraction of sp³-hybridized carbons (Fsp3) is 0.111. The Balaban J connectivity index is 2.45. The van der Waals surface area contributed by atoms with Crippen LogP contribution in [0.3, 0.4) is 0 Å². The van der Waals surface area contributed by atoms with E-state index < -0.39 is 0 Å². The highest BCUT2D eigenvalue weighted by Crippen LogP contribution is 2.21. The van der Waals surface area contributed by atoms with Crippen LogP contribution in [0.4, 0.5) is 0 Å². The predicted octanol–water partition coefficient (Wildman–Crippen LogP) is 2.84. The molecule has 1 heterocycles. The van der Waals surface area contributed by atoms with Crippen LogP contribution < -0.4 is 0 Å². The van der Waals surface area contributed by atoms with Crippen molar-refractivity contribution in [1.82, 2.24) is 4.98 Å². The third-order valence-electron chi connectivity index (χ3n) is 1.58. The molecule has 0 radical (unpaired) electrons. The summed E-state index contributed by atoms with van der Waals surface area (Å²) in [5, 5.41) is 3.21. The standard InChI is InChI=1S/C9H8NS/c1-7-10-9(6-11-7)8-4-2-3-5-8/h2-6H,1H3/q-1. The molecular formula is C9H8NS-. The largest absolute Gasteiger partial charge is 0.262 e. The van der Waals surface area contributed by atoms with E-state index in [4.69, 9.17) is 0 Å². The summed E-state index contributed by atoms with van der Waals surface area (Å²) in [7, 11) is 0. The molecule has 1 aromatic carbocycles. The SMILES string of the molecule is Cc1nc(-[c-]2cccc2)cs1. The van der Waals surface area contributed by atoms with Gasteiger partial charge in [0.25, 0.3) is 0 Å². The molecule has 2 heteroatoms. The molecule has 2 rings (SSSR count). The van der Waals surface area contributed by atoms with E-state index in [0.29, 0.717) is 0 Å². The molecule has 1 aromatic heterocycles. The van der Waals surface area contributed by atoms with E-state index in [1.165, 1.54) is 5.56 Å². The second-order valence-corrected chi connectivity index (χ2v) is 3.49. The van der Waals surface area contributed by atoms with Crippen LogP contribution in [0, 0.1) is 6.92 Å². The van der Waals surface area contributed by atoms with Gasteiger partial charge in [-0.15, -0.1) is 12.1 Å². The third-order valence-corrected chi connectivity index (χ3v) is 2.35. The Kier molecular flexibility index (Phi) is 1.55. The van der Waals surface area contributed by atoms with Gasteiger partial charge in [0, 0.05) is 0 Å². The molecule has 0 aliphatic heterocycles. The second-order valence-electron chi connectivity index (χ2n) is 2.43. The molecule has 0 unspecified atom stereocenters. The van der Waals surface area contributed by atoms with Gasteiger partial charge >= 0.3 is 0 Å². The first kappa shape index (κ1) is 6.68. The smallest absolute Gasteiger partial charge is 0.0791 e. The van der Waals surface area contributed by atoms with Crippen molar-refractivity contribution in [2.75, 3.05) is 0 Å². The molecule has 56 valence electrons. The highest BCUT2D eigenvalue weighted by molar-refractivity contribution is 7.09. The average Bonchev–Trinajstić information content (AvgIpc) is 2.55. The van der Waals surface area contributed by atoms with Crippen molar-refractivity contribution in [3.8, 4) is 11.3 Å². The highest BCUT2D eigenvalue weighted by Gasteiger charge is 1.92. The first-order valence-corrected chi connectivity index (χ1v) is 4.38. The fourth-order valence-electron chi connectivity index (χ4n) is 1.04. The first-order chi connectivity index (χ1) is 5.36. The summed E-state index contributed by atoms with van der Waals surface area (Å²) in [5.41, 5.74) is 2.31. The molecule has 1 nitrogen and oxygen atoms in total. The molecule has 0 saturated carbocycles. The van der Waals surface area contributed by atoms with Crippen LogP contribution >= 0.6 is 11.3 Å². The van der Waals surface area contributed by atoms with Gasteiger partial charge in [-0.3, -0.25) is 4.98 Å². The zero-order valence-electron chi connectivity index (χ0n) is 6.24.